The van der Waals surface area contributed by atoms with Crippen LogP contribution in [0.4, 0.5) is 34.5 Å². The predicted octanol–water partition coefficient (Wildman–Crippen LogP) is 4.63. The molecule has 1 saturated heterocycles. The van der Waals surface area contributed by atoms with E-state index < -0.39 is 0 Å². The zero-order chi connectivity index (χ0) is 25.2. The van der Waals surface area contributed by atoms with Gasteiger partial charge in [0.25, 0.3) is 5.91 Å². The topological polar surface area (TPSA) is 85.9 Å². The van der Waals surface area contributed by atoms with E-state index >= 15 is 0 Å². The number of rotatable bonds is 6. The van der Waals surface area contributed by atoms with Gasteiger partial charge in [-0.15, -0.1) is 0 Å². The standard InChI is InChI=1S/C26H28ClN7O2/c1-4-34-22-15-19(7-10-23(22)36-17(2)25(34)35)29-24-21(27)16-28-26(31-24)30-18-5-8-20(9-6-18)33-13-11-32(3)12-14-33/h5-10,15-16H,2,4,11-14H2,1,3H3,(H2,28,29,30,31). The van der Waals surface area contributed by atoms with Gasteiger partial charge in [0.05, 0.1) is 11.9 Å². The fraction of sp³-hybridized carbons (Fsp3) is 0.269. The Kier molecular flexibility index (Phi) is 6.67. The number of piperazine rings is 1. The van der Waals surface area contributed by atoms with Crippen LogP contribution < -0.4 is 25.2 Å². The van der Waals surface area contributed by atoms with Gasteiger partial charge in [0, 0.05) is 49.8 Å². The predicted molar refractivity (Wildman–Crippen MR) is 144 cm³/mol. The molecule has 2 N–H and O–H groups in total. The summed E-state index contributed by atoms with van der Waals surface area (Å²) in [6.45, 7) is 10.3. The quantitative estimate of drug-likeness (QED) is 0.469. The number of aromatic nitrogens is 2. The first-order valence-electron chi connectivity index (χ1n) is 11.8. The van der Waals surface area contributed by atoms with Gasteiger partial charge in [0.1, 0.15) is 5.02 Å². The molecule has 1 aromatic heterocycles. The second-order valence-electron chi connectivity index (χ2n) is 8.73. The van der Waals surface area contributed by atoms with Crippen LogP contribution in [0.2, 0.25) is 5.02 Å². The van der Waals surface area contributed by atoms with Crippen molar-refractivity contribution in [3.05, 3.63) is 66.0 Å². The van der Waals surface area contributed by atoms with Crippen LogP contribution in [-0.4, -0.2) is 60.5 Å². The molecule has 0 aliphatic carbocycles. The Balaban J connectivity index is 1.31. The van der Waals surface area contributed by atoms with Gasteiger partial charge in [-0.2, -0.15) is 4.98 Å². The number of nitrogens with one attached hydrogen (secondary N) is 2. The van der Waals surface area contributed by atoms with Crippen molar-refractivity contribution in [1.82, 2.24) is 14.9 Å². The maximum atomic E-state index is 12.4. The van der Waals surface area contributed by atoms with E-state index in [1.807, 2.05) is 31.2 Å². The number of carbonyl (C=O) groups excluding carboxylic acids is 1. The summed E-state index contributed by atoms with van der Waals surface area (Å²) in [4.78, 5) is 27.6. The number of carbonyl (C=O) groups is 1. The summed E-state index contributed by atoms with van der Waals surface area (Å²) >= 11 is 6.38. The van der Waals surface area contributed by atoms with Gasteiger partial charge in [-0.05, 0) is 56.4 Å². The molecule has 10 heteroatoms. The highest BCUT2D eigenvalue weighted by atomic mass is 35.5. The minimum Gasteiger partial charge on any atom is -0.450 e. The molecule has 36 heavy (non-hydrogen) atoms. The number of fused-ring (bicyclic) bond motifs is 1. The maximum Gasteiger partial charge on any atom is 0.293 e. The SMILES string of the molecule is C=C1Oc2ccc(Nc3nc(Nc4ccc(N5CCN(C)CC5)cc4)ncc3Cl)cc2N(CC)C1=O. The summed E-state index contributed by atoms with van der Waals surface area (Å²) in [5.41, 5.74) is 3.44. The second kappa shape index (κ2) is 10.0. The minimum atomic E-state index is -0.257. The Morgan fingerprint density at radius 1 is 1.06 bits per heavy atom. The van der Waals surface area contributed by atoms with Gasteiger partial charge in [-0.1, -0.05) is 18.2 Å². The zero-order valence-corrected chi connectivity index (χ0v) is 21.0. The zero-order valence-electron chi connectivity index (χ0n) is 20.3. The van der Waals surface area contributed by atoms with Crippen LogP contribution in [0.1, 0.15) is 6.92 Å². The van der Waals surface area contributed by atoms with Crippen molar-refractivity contribution in [2.75, 3.05) is 60.2 Å². The number of anilines is 6. The number of hydrogen-bond donors (Lipinski definition) is 2. The van der Waals surface area contributed by atoms with Gasteiger partial charge in [0.2, 0.25) is 5.95 Å². The van der Waals surface area contributed by atoms with E-state index in [2.05, 4.69) is 56.2 Å². The summed E-state index contributed by atoms with van der Waals surface area (Å²) < 4.78 is 5.56. The normalized spacial score (nSPS) is 16.0. The van der Waals surface area contributed by atoms with Crippen LogP contribution in [0.25, 0.3) is 0 Å². The number of amides is 1. The fourth-order valence-electron chi connectivity index (χ4n) is 4.24. The van der Waals surface area contributed by atoms with E-state index in [4.69, 9.17) is 16.3 Å². The van der Waals surface area contributed by atoms with Crippen LogP contribution >= 0.6 is 11.6 Å². The first kappa shape index (κ1) is 23.9. The summed E-state index contributed by atoms with van der Waals surface area (Å²) in [6.07, 6.45) is 1.55. The molecule has 0 spiro atoms. The monoisotopic (exact) mass is 505 g/mol. The number of hydrogen-bond acceptors (Lipinski definition) is 8. The summed E-state index contributed by atoms with van der Waals surface area (Å²) in [5.74, 6) is 1.28. The molecule has 0 radical (unpaired) electrons. The van der Waals surface area contributed by atoms with Crippen LogP contribution in [0, 0.1) is 0 Å². The lowest BCUT2D eigenvalue weighted by molar-refractivity contribution is -0.117. The van der Waals surface area contributed by atoms with Crippen molar-refractivity contribution in [2.45, 2.75) is 6.92 Å². The van der Waals surface area contributed by atoms with E-state index in [-0.39, 0.29) is 11.7 Å². The van der Waals surface area contributed by atoms with Crippen molar-refractivity contribution in [1.29, 1.82) is 0 Å². The lowest BCUT2D eigenvalue weighted by Crippen LogP contribution is -2.44. The number of likely N-dealkylation sites (N-methyl/N-ethyl adjacent to an activating group) is 2. The van der Waals surface area contributed by atoms with Crippen LogP contribution in [0.15, 0.2) is 61.0 Å². The van der Waals surface area contributed by atoms with E-state index in [0.717, 1.165) is 31.9 Å². The van der Waals surface area contributed by atoms with Crippen LogP contribution in [0.3, 0.4) is 0 Å². The number of nitrogens with zero attached hydrogens (tertiary/aromatic N) is 5. The van der Waals surface area contributed by atoms with Crippen LogP contribution in [-0.2, 0) is 4.79 Å². The van der Waals surface area contributed by atoms with E-state index in [0.29, 0.717) is 40.5 Å². The molecule has 2 aliphatic heterocycles. The lowest BCUT2D eigenvalue weighted by Gasteiger charge is -2.34. The van der Waals surface area contributed by atoms with Gasteiger partial charge in [-0.3, -0.25) is 4.79 Å². The maximum absolute atomic E-state index is 12.4. The largest absolute Gasteiger partial charge is 0.450 e. The molecule has 3 aromatic rings. The molecule has 0 unspecified atom stereocenters. The molecule has 0 bridgehead atoms. The highest BCUT2D eigenvalue weighted by Gasteiger charge is 2.28. The van der Waals surface area contributed by atoms with Crippen molar-refractivity contribution in [2.24, 2.45) is 0 Å². The molecule has 3 heterocycles. The fourth-order valence-corrected chi connectivity index (χ4v) is 4.38. The van der Waals surface area contributed by atoms with E-state index in [1.54, 1.807) is 17.2 Å². The molecule has 186 valence electrons. The first-order chi connectivity index (χ1) is 17.4. The number of benzene rings is 2. The van der Waals surface area contributed by atoms with E-state index in [9.17, 15) is 4.79 Å². The third kappa shape index (κ3) is 4.93. The van der Waals surface area contributed by atoms with Gasteiger partial charge >= 0.3 is 0 Å². The molecule has 0 atom stereocenters. The Morgan fingerprint density at radius 3 is 2.50 bits per heavy atom. The first-order valence-corrected chi connectivity index (χ1v) is 12.2. The van der Waals surface area contributed by atoms with Crippen molar-refractivity contribution >= 4 is 52.0 Å². The smallest absolute Gasteiger partial charge is 0.293 e. The van der Waals surface area contributed by atoms with Gasteiger partial charge in [-0.25, -0.2) is 4.98 Å². The Morgan fingerprint density at radius 2 is 1.78 bits per heavy atom. The third-order valence-electron chi connectivity index (χ3n) is 6.28. The average Bonchev–Trinajstić information content (AvgIpc) is 2.88. The Bertz CT molecular complexity index is 1290. The van der Waals surface area contributed by atoms with Crippen LogP contribution in [0.5, 0.6) is 5.75 Å². The van der Waals surface area contributed by atoms with Crippen molar-refractivity contribution < 1.29 is 9.53 Å². The van der Waals surface area contributed by atoms with Gasteiger partial charge < -0.3 is 30.1 Å². The molecule has 1 amide bonds. The summed E-state index contributed by atoms with van der Waals surface area (Å²) in [5, 5.41) is 6.84. The Labute approximate surface area is 215 Å². The molecule has 0 saturated carbocycles. The molecule has 5 rings (SSSR count). The summed E-state index contributed by atoms with van der Waals surface area (Å²) in [6, 6.07) is 13.7. The van der Waals surface area contributed by atoms with Gasteiger partial charge in [0.15, 0.2) is 17.3 Å². The number of halogens is 1. The molecular formula is C26H28ClN7O2. The van der Waals surface area contributed by atoms with E-state index in [1.165, 1.54) is 5.69 Å². The molecular weight excluding hydrogens is 478 g/mol. The van der Waals surface area contributed by atoms with Crippen molar-refractivity contribution in [3.8, 4) is 5.75 Å². The molecule has 2 aliphatic rings. The van der Waals surface area contributed by atoms with Crippen molar-refractivity contribution in [3.63, 3.8) is 0 Å². The second-order valence-corrected chi connectivity index (χ2v) is 9.14. The highest BCUT2D eigenvalue weighted by molar-refractivity contribution is 6.32. The molecule has 9 nitrogen and oxygen atoms in total. The summed E-state index contributed by atoms with van der Waals surface area (Å²) in [7, 11) is 2.15. The number of ether oxygens (including phenoxy) is 1. The molecule has 2 aromatic carbocycles. The minimum absolute atomic E-state index is 0.108. The average molecular weight is 506 g/mol. The lowest BCUT2D eigenvalue weighted by atomic mass is 10.2. The molecule has 1 fully saturated rings. The Hall–Kier alpha value is -3.82. The third-order valence-corrected chi connectivity index (χ3v) is 6.56. The highest BCUT2D eigenvalue weighted by Crippen LogP contribution is 2.38.